The number of pyridine rings is 1. The van der Waals surface area contributed by atoms with E-state index in [1.807, 2.05) is 16.8 Å². The van der Waals surface area contributed by atoms with Crippen molar-refractivity contribution in [3.8, 4) is 0 Å². The highest BCUT2D eigenvalue weighted by atomic mass is 32.1. The van der Waals surface area contributed by atoms with Crippen molar-refractivity contribution in [2.75, 3.05) is 13.7 Å². The fourth-order valence-corrected chi connectivity index (χ4v) is 2.27. The third-order valence-electron chi connectivity index (χ3n) is 2.79. The minimum atomic E-state index is -0.632. The number of esters is 1. The number of carbonyl (C=O) groups excluding carboxylic acids is 2. The molecule has 110 valence electrons. The lowest BCUT2D eigenvalue weighted by Gasteiger charge is -2.16. The van der Waals surface area contributed by atoms with E-state index in [-0.39, 0.29) is 18.1 Å². The zero-order valence-corrected chi connectivity index (χ0v) is 12.2. The molecule has 2 aromatic heterocycles. The van der Waals surface area contributed by atoms with Crippen molar-refractivity contribution in [3.05, 3.63) is 57.7 Å². The molecule has 6 nitrogen and oxygen atoms in total. The van der Waals surface area contributed by atoms with Crippen LogP contribution >= 0.6 is 11.3 Å². The second-order valence-electron chi connectivity index (χ2n) is 4.40. The third kappa shape index (κ3) is 4.28. The Morgan fingerprint density at radius 1 is 1.33 bits per heavy atom. The van der Waals surface area contributed by atoms with Crippen molar-refractivity contribution < 1.29 is 19.1 Å². The lowest BCUT2D eigenvalue weighted by Crippen LogP contribution is -2.31. The van der Waals surface area contributed by atoms with Gasteiger partial charge in [0.15, 0.2) is 19.0 Å². The highest BCUT2D eigenvalue weighted by Crippen LogP contribution is 2.08. The maximum Gasteiger partial charge on any atom is 0.339 e. The number of likely N-dealkylation sites (N-methyl/N-ethyl adjacent to an activating group) is 1. The summed E-state index contributed by atoms with van der Waals surface area (Å²) in [6.07, 6.45) is 2.39. The zero-order valence-electron chi connectivity index (χ0n) is 11.4. The summed E-state index contributed by atoms with van der Waals surface area (Å²) in [6.45, 7) is 0.146. The van der Waals surface area contributed by atoms with Gasteiger partial charge in [0.2, 0.25) is 0 Å². The Labute approximate surface area is 125 Å². The fraction of sp³-hybridized carbons (Fsp3) is 0.214. The van der Waals surface area contributed by atoms with Gasteiger partial charge in [-0.25, -0.2) is 4.79 Å². The van der Waals surface area contributed by atoms with E-state index in [1.165, 1.54) is 29.4 Å². The fourth-order valence-electron chi connectivity index (χ4n) is 1.61. The van der Waals surface area contributed by atoms with E-state index in [0.717, 1.165) is 5.56 Å². The summed E-state index contributed by atoms with van der Waals surface area (Å²) in [6, 6.07) is 4.62. The Bertz CT molecular complexity index is 610. The summed E-state index contributed by atoms with van der Waals surface area (Å²) in [5.41, 5.74) is 1.26. The summed E-state index contributed by atoms with van der Waals surface area (Å²) in [4.78, 5) is 25.0. The summed E-state index contributed by atoms with van der Waals surface area (Å²) >= 11 is 1.56. The molecule has 2 heterocycles. The normalized spacial score (nSPS) is 10.1. The molecule has 0 spiro atoms. The van der Waals surface area contributed by atoms with Crippen molar-refractivity contribution in [1.29, 1.82) is 0 Å². The van der Waals surface area contributed by atoms with Gasteiger partial charge in [0.05, 0.1) is 5.56 Å². The van der Waals surface area contributed by atoms with Gasteiger partial charge in [0, 0.05) is 25.7 Å². The minimum Gasteiger partial charge on any atom is -0.619 e. The molecule has 0 aliphatic rings. The van der Waals surface area contributed by atoms with Crippen LogP contribution in [0.25, 0.3) is 0 Å². The molecule has 0 aromatic carbocycles. The molecule has 1 amide bonds. The average molecular weight is 306 g/mol. The van der Waals surface area contributed by atoms with Crippen molar-refractivity contribution in [1.82, 2.24) is 4.90 Å². The van der Waals surface area contributed by atoms with Crippen LogP contribution in [0, 0.1) is 5.21 Å². The molecular weight excluding hydrogens is 292 g/mol. The minimum absolute atomic E-state index is 0.232. The van der Waals surface area contributed by atoms with Gasteiger partial charge in [-0.2, -0.15) is 16.1 Å². The topological polar surface area (TPSA) is 73.5 Å². The quantitative estimate of drug-likeness (QED) is 0.472. The molecular formula is C14H14N2O4S. The molecule has 0 atom stereocenters. The molecule has 0 saturated heterocycles. The van der Waals surface area contributed by atoms with Gasteiger partial charge in [0.1, 0.15) is 0 Å². The van der Waals surface area contributed by atoms with Crippen LogP contribution < -0.4 is 4.73 Å². The summed E-state index contributed by atoms with van der Waals surface area (Å²) in [5, 5.41) is 14.7. The zero-order chi connectivity index (χ0) is 15.2. The maximum absolute atomic E-state index is 11.9. The average Bonchev–Trinajstić information content (AvgIpc) is 2.98. The van der Waals surface area contributed by atoms with Crippen LogP contribution in [-0.2, 0) is 16.1 Å². The predicted octanol–water partition coefficient (Wildman–Crippen LogP) is 1.20. The van der Waals surface area contributed by atoms with Crippen LogP contribution in [0.5, 0.6) is 0 Å². The number of thiophene rings is 1. The number of rotatable bonds is 5. The molecule has 0 bridgehead atoms. The first-order chi connectivity index (χ1) is 10.1. The lowest BCUT2D eigenvalue weighted by atomic mass is 10.3. The van der Waals surface area contributed by atoms with Crippen molar-refractivity contribution in [3.63, 3.8) is 0 Å². The first-order valence-electron chi connectivity index (χ1n) is 6.17. The van der Waals surface area contributed by atoms with Gasteiger partial charge in [0.25, 0.3) is 5.91 Å². The van der Waals surface area contributed by atoms with Crippen molar-refractivity contribution in [2.24, 2.45) is 0 Å². The molecule has 0 saturated carbocycles. The van der Waals surface area contributed by atoms with Gasteiger partial charge in [-0.05, 0) is 22.4 Å². The molecule has 0 radical (unpaired) electrons. The molecule has 0 aliphatic carbocycles. The van der Waals surface area contributed by atoms with E-state index in [1.54, 1.807) is 18.4 Å². The second-order valence-corrected chi connectivity index (χ2v) is 5.18. The van der Waals surface area contributed by atoms with E-state index in [0.29, 0.717) is 11.3 Å². The summed E-state index contributed by atoms with van der Waals surface area (Å²) < 4.78 is 5.50. The largest absolute Gasteiger partial charge is 0.619 e. The van der Waals surface area contributed by atoms with Crippen LogP contribution in [0.1, 0.15) is 15.9 Å². The molecule has 21 heavy (non-hydrogen) atoms. The van der Waals surface area contributed by atoms with E-state index in [2.05, 4.69) is 0 Å². The van der Waals surface area contributed by atoms with Crippen LogP contribution in [0.2, 0.25) is 0 Å². The summed E-state index contributed by atoms with van der Waals surface area (Å²) in [5.74, 6) is -0.919. The Hall–Kier alpha value is -2.41. The monoisotopic (exact) mass is 306 g/mol. The first-order valence-corrected chi connectivity index (χ1v) is 7.11. The van der Waals surface area contributed by atoms with Crippen LogP contribution in [0.3, 0.4) is 0 Å². The first kappa shape index (κ1) is 15.0. The highest BCUT2D eigenvalue weighted by molar-refractivity contribution is 7.07. The number of carbonyl (C=O) groups is 2. The third-order valence-corrected chi connectivity index (χ3v) is 3.52. The second kappa shape index (κ2) is 6.85. The van der Waals surface area contributed by atoms with E-state index < -0.39 is 5.97 Å². The van der Waals surface area contributed by atoms with Crippen LogP contribution in [0.15, 0.2) is 41.4 Å². The molecule has 7 heteroatoms. The number of ether oxygens (including phenoxy) is 1. The highest BCUT2D eigenvalue weighted by Gasteiger charge is 2.14. The van der Waals surface area contributed by atoms with Crippen molar-refractivity contribution >= 4 is 23.2 Å². The molecule has 0 N–H and O–H groups in total. The number of hydrogen-bond acceptors (Lipinski definition) is 5. The number of nitrogens with zero attached hydrogens (tertiary/aromatic N) is 2. The molecule has 2 aromatic rings. The molecule has 2 rings (SSSR count). The van der Waals surface area contributed by atoms with Gasteiger partial charge < -0.3 is 14.8 Å². The van der Waals surface area contributed by atoms with E-state index >= 15 is 0 Å². The number of aromatic nitrogens is 1. The molecule has 0 unspecified atom stereocenters. The Balaban J connectivity index is 1.83. The maximum atomic E-state index is 11.9. The van der Waals surface area contributed by atoms with Crippen LogP contribution in [0.4, 0.5) is 0 Å². The smallest absolute Gasteiger partial charge is 0.339 e. The number of hydrogen-bond donors (Lipinski definition) is 0. The van der Waals surface area contributed by atoms with Gasteiger partial charge >= 0.3 is 5.97 Å². The predicted molar refractivity (Wildman–Crippen MR) is 76.5 cm³/mol. The van der Waals surface area contributed by atoms with Gasteiger partial charge in [-0.1, -0.05) is 0 Å². The van der Waals surface area contributed by atoms with Gasteiger partial charge in [-0.15, -0.1) is 0 Å². The SMILES string of the molecule is CN(Cc1ccsc1)C(=O)COC(=O)c1cc[n+]([O-])cc1. The van der Waals surface area contributed by atoms with Crippen molar-refractivity contribution in [2.45, 2.75) is 6.54 Å². The summed E-state index contributed by atoms with van der Waals surface area (Å²) in [7, 11) is 1.65. The number of amides is 1. The Kier molecular flexibility index (Phi) is 4.89. The Morgan fingerprint density at radius 2 is 2.05 bits per heavy atom. The molecule has 0 aliphatic heterocycles. The van der Waals surface area contributed by atoms with Crippen LogP contribution in [-0.4, -0.2) is 30.4 Å². The Morgan fingerprint density at radius 3 is 2.67 bits per heavy atom. The lowest BCUT2D eigenvalue weighted by molar-refractivity contribution is -0.605. The standard InChI is InChI=1S/C14H14N2O4S/c1-15(8-11-4-7-21-10-11)13(17)9-20-14(18)12-2-5-16(19)6-3-12/h2-7,10H,8-9H2,1H3. The van der Waals surface area contributed by atoms with E-state index in [4.69, 9.17) is 4.74 Å². The van der Waals surface area contributed by atoms with E-state index in [9.17, 15) is 14.8 Å². The molecule has 0 fully saturated rings. The van der Waals surface area contributed by atoms with Gasteiger partial charge in [-0.3, -0.25) is 4.79 Å².